The van der Waals surface area contributed by atoms with Gasteiger partial charge < -0.3 is 25.6 Å². The predicted octanol–water partition coefficient (Wildman–Crippen LogP) is 10.3. The van der Waals surface area contributed by atoms with Gasteiger partial charge in [0.15, 0.2) is 0 Å². The van der Waals surface area contributed by atoms with Gasteiger partial charge >= 0.3 is 11.9 Å². The van der Waals surface area contributed by atoms with Gasteiger partial charge in [0.05, 0.1) is 13.2 Å². The molecule has 0 aliphatic carbocycles. The summed E-state index contributed by atoms with van der Waals surface area (Å²) in [6.07, 6.45) is 39.7. The highest BCUT2D eigenvalue weighted by molar-refractivity contribution is 5.87. The minimum Gasteiger partial charge on any atom is -0.480 e. The zero-order valence-corrected chi connectivity index (χ0v) is 33.6. The summed E-state index contributed by atoms with van der Waals surface area (Å²) in [7, 11) is 0. The Morgan fingerprint density at radius 3 is 1.50 bits per heavy atom. The van der Waals surface area contributed by atoms with Gasteiger partial charge in [0.25, 0.3) is 0 Å². The number of unbranched alkanes of at least 4 members (excludes halogenated alkanes) is 25. The number of carboxylic acid groups (broad SMARTS) is 1. The molecule has 0 bridgehead atoms. The van der Waals surface area contributed by atoms with E-state index in [4.69, 9.17) is 14.9 Å². The zero-order valence-electron chi connectivity index (χ0n) is 33.6. The Hall–Kier alpha value is -2.42. The number of carboxylic acids is 1. The SMILES string of the molecule is CCCCCCCC/C=C\C(CCCCCCCCC(=O)NCC(=O)NC(CO)C(=O)O)OC(=O)CCCCCCCCCCCCCCCCC. The molecule has 0 radical (unpaired) electrons. The highest BCUT2D eigenvalue weighted by atomic mass is 16.5. The lowest BCUT2D eigenvalue weighted by atomic mass is 10.0. The van der Waals surface area contributed by atoms with E-state index in [0.29, 0.717) is 19.3 Å². The van der Waals surface area contributed by atoms with Gasteiger partial charge in [-0.2, -0.15) is 0 Å². The van der Waals surface area contributed by atoms with Crippen LogP contribution in [0.15, 0.2) is 12.2 Å². The molecule has 0 aromatic heterocycles. The fraction of sp³-hybridized carbons (Fsp3) is 0.860. The highest BCUT2D eigenvalue weighted by Gasteiger charge is 2.18. The molecule has 0 spiro atoms. The maximum atomic E-state index is 12.7. The lowest BCUT2D eigenvalue weighted by Crippen LogP contribution is -2.47. The Morgan fingerprint density at radius 2 is 1.02 bits per heavy atom. The van der Waals surface area contributed by atoms with Crippen LogP contribution in [0.5, 0.6) is 0 Å². The molecule has 2 unspecified atom stereocenters. The Balaban J connectivity index is 4.19. The van der Waals surface area contributed by atoms with Crippen molar-refractivity contribution >= 4 is 23.8 Å². The van der Waals surface area contributed by atoms with E-state index in [2.05, 4.69) is 36.6 Å². The number of aliphatic hydroxyl groups is 1. The molecule has 0 saturated heterocycles. The quantitative estimate of drug-likeness (QED) is 0.0279. The van der Waals surface area contributed by atoms with Crippen LogP contribution in [0.3, 0.4) is 0 Å². The van der Waals surface area contributed by atoms with Crippen LogP contribution in [-0.2, 0) is 23.9 Å². The van der Waals surface area contributed by atoms with Crippen molar-refractivity contribution in [3.8, 4) is 0 Å². The summed E-state index contributed by atoms with van der Waals surface area (Å²) in [6, 6.07) is -1.38. The van der Waals surface area contributed by atoms with Gasteiger partial charge in [-0.1, -0.05) is 168 Å². The second-order valence-electron chi connectivity index (χ2n) is 14.8. The summed E-state index contributed by atoms with van der Waals surface area (Å²) >= 11 is 0. The van der Waals surface area contributed by atoms with Crippen LogP contribution in [0.1, 0.15) is 213 Å². The van der Waals surface area contributed by atoms with E-state index >= 15 is 0 Å². The molecule has 304 valence electrons. The molecule has 9 heteroatoms. The van der Waals surface area contributed by atoms with E-state index < -0.39 is 24.5 Å². The van der Waals surface area contributed by atoms with Crippen molar-refractivity contribution in [2.75, 3.05) is 13.2 Å². The molecule has 4 N–H and O–H groups in total. The number of nitrogens with one attached hydrogen (secondary N) is 2. The Kier molecular flexibility index (Phi) is 36.5. The molecule has 0 aromatic rings. The van der Waals surface area contributed by atoms with Gasteiger partial charge in [-0.3, -0.25) is 14.4 Å². The molecular weight excluding hydrogens is 656 g/mol. The molecule has 2 amide bonds. The Morgan fingerprint density at radius 1 is 0.577 bits per heavy atom. The molecule has 0 heterocycles. The average molecular weight is 737 g/mol. The number of hydrogen-bond acceptors (Lipinski definition) is 6. The largest absolute Gasteiger partial charge is 0.480 e. The number of aliphatic hydroxyl groups excluding tert-OH is 1. The van der Waals surface area contributed by atoms with Gasteiger partial charge in [0.1, 0.15) is 12.1 Å². The van der Waals surface area contributed by atoms with Gasteiger partial charge in [0.2, 0.25) is 11.8 Å². The number of hydrogen-bond donors (Lipinski definition) is 4. The lowest BCUT2D eigenvalue weighted by molar-refractivity contribution is -0.147. The van der Waals surface area contributed by atoms with Crippen LogP contribution in [-0.4, -0.2) is 59.3 Å². The first kappa shape index (κ1) is 49.6. The normalized spacial score (nSPS) is 12.5. The summed E-state index contributed by atoms with van der Waals surface area (Å²) in [6.45, 7) is 3.48. The summed E-state index contributed by atoms with van der Waals surface area (Å²) in [5, 5.41) is 22.5. The van der Waals surface area contributed by atoms with Gasteiger partial charge in [-0.25, -0.2) is 4.79 Å². The minimum absolute atomic E-state index is 0.0743. The first-order chi connectivity index (χ1) is 25.3. The number of rotatable bonds is 39. The summed E-state index contributed by atoms with van der Waals surface area (Å²) in [5.74, 6) is -2.31. The molecule has 0 saturated carbocycles. The van der Waals surface area contributed by atoms with E-state index in [1.165, 1.54) is 122 Å². The monoisotopic (exact) mass is 737 g/mol. The maximum Gasteiger partial charge on any atom is 0.328 e. The fourth-order valence-corrected chi connectivity index (χ4v) is 6.39. The van der Waals surface area contributed by atoms with E-state index in [-0.39, 0.29) is 24.5 Å². The third-order valence-electron chi connectivity index (χ3n) is 9.75. The van der Waals surface area contributed by atoms with Crippen molar-refractivity contribution in [3.05, 3.63) is 12.2 Å². The average Bonchev–Trinajstić information content (AvgIpc) is 3.13. The first-order valence-electron chi connectivity index (χ1n) is 21.6. The lowest BCUT2D eigenvalue weighted by Gasteiger charge is -2.15. The van der Waals surface area contributed by atoms with Crippen molar-refractivity contribution in [2.24, 2.45) is 0 Å². The number of ether oxygens (including phenoxy) is 1. The van der Waals surface area contributed by atoms with Gasteiger partial charge in [0, 0.05) is 12.8 Å². The molecule has 2 atom stereocenters. The molecule has 9 nitrogen and oxygen atoms in total. The van der Waals surface area contributed by atoms with E-state index in [1.54, 1.807) is 0 Å². The van der Waals surface area contributed by atoms with Crippen LogP contribution in [0, 0.1) is 0 Å². The van der Waals surface area contributed by atoms with Gasteiger partial charge in [-0.15, -0.1) is 0 Å². The number of allylic oxidation sites excluding steroid dienone is 1. The molecule has 0 aliphatic heterocycles. The summed E-state index contributed by atoms with van der Waals surface area (Å²) in [4.78, 5) is 47.4. The smallest absolute Gasteiger partial charge is 0.328 e. The van der Waals surface area contributed by atoms with Crippen molar-refractivity contribution < 1.29 is 34.1 Å². The van der Waals surface area contributed by atoms with Crippen molar-refractivity contribution in [1.82, 2.24) is 10.6 Å². The molecular formula is C43H80N2O7. The number of esters is 1. The van der Waals surface area contributed by atoms with Crippen LogP contribution in [0.4, 0.5) is 0 Å². The second kappa shape index (κ2) is 38.3. The minimum atomic E-state index is -1.38. The standard InChI is InChI=1S/C43H80N2O7/c1-3-5-7-9-11-13-14-15-16-17-18-19-21-27-31-35-42(49)52-38(32-28-24-20-12-10-8-6-4-2)33-29-25-22-23-26-30-34-40(47)44-36-41(48)45-39(37-46)43(50)51/h28,32,38-39,46H,3-27,29-31,33-37H2,1-2H3,(H,44,47)(H,45,48)(H,50,51)/b32-28-. The van der Waals surface area contributed by atoms with Gasteiger partial charge in [-0.05, 0) is 44.6 Å². The third-order valence-corrected chi connectivity index (χ3v) is 9.75. The van der Waals surface area contributed by atoms with Crippen LogP contribution < -0.4 is 10.6 Å². The number of carbonyl (C=O) groups is 4. The summed E-state index contributed by atoms with van der Waals surface area (Å²) < 4.78 is 5.94. The van der Waals surface area contributed by atoms with Crippen molar-refractivity contribution in [1.29, 1.82) is 0 Å². The van der Waals surface area contributed by atoms with E-state index in [1.807, 2.05) is 0 Å². The van der Waals surface area contributed by atoms with Crippen molar-refractivity contribution in [3.63, 3.8) is 0 Å². The Labute approximate surface area is 318 Å². The number of aliphatic carboxylic acids is 1. The molecule has 0 fully saturated rings. The Bertz CT molecular complexity index is 895. The van der Waals surface area contributed by atoms with Crippen LogP contribution >= 0.6 is 0 Å². The number of amides is 2. The molecule has 0 aromatic carbocycles. The molecule has 0 rings (SSSR count). The van der Waals surface area contributed by atoms with Crippen LogP contribution in [0.25, 0.3) is 0 Å². The predicted molar refractivity (Wildman–Crippen MR) is 213 cm³/mol. The molecule has 52 heavy (non-hydrogen) atoms. The maximum absolute atomic E-state index is 12.7. The van der Waals surface area contributed by atoms with Crippen molar-refractivity contribution in [2.45, 2.75) is 225 Å². The van der Waals surface area contributed by atoms with E-state index in [9.17, 15) is 19.2 Å². The van der Waals surface area contributed by atoms with Crippen LogP contribution in [0.2, 0.25) is 0 Å². The van der Waals surface area contributed by atoms with E-state index in [0.717, 1.165) is 57.8 Å². The fourth-order valence-electron chi connectivity index (χ4n) is 6.39. The zero-order chi connectivity index (χ0) is 38.3. The third kappa shape index (κ3) is 34.7. The highest BCUT2D eigenvalue weighted by Crippen LogP contribution is 2.17. The number of carbonyl (C=O) groups excluding carboxylic acids is 3. The summed E-state index contributed by atoms with van der Waals surface area (Å²) in [5.41, 5.74) is 0. The first-order valence-corrected chi connectivity index (χ1v) is 21.6. The second-order valence-corrected chi connectivity index (χ2v) is 14.8. The topological polar surface area (TPSA) is 142 Å². The molecule has 0 aliphatic rings.